The van der Waals surface area contributed by atoms with Crippen LogP contribution in [-0.2, 0) is 16.0 Å². The minimum Gasteiger partial charge on any atom is -0.494 e. The number of carbonyl (C=O) groups excluding carboxylic acids is 3. The average molecular weight is 406 g/mol. The lowest BCUT2D eigenvalue weighted by atomic mass is 10.0. The third-order valence-corrected chi connectivity index (χ3v) is 4.91. The molecule has 1 aliphatic rings. The van der Waals surface area contributed by atoms with Crippen molar-refractivity contribution in [2.45, 2.75) is 26.2 Å². The Labute approximate surface area is 176 Å². The number of amides is 2. The Morgan fingerprint density at radius 2 is 1.93 bits per heavy atom. The summed E-state index contributed by atoms with van der Waals surface area (Å²) in [6, 6.07) is 12.8. The number of anilines is 1. The lowest BCUT2D eigenvalue weighted by Crippen LogP contribution is -2.24. The van der Waals surface area contributed by atoms with E-state index in [1.54, 1.807) is 36.2 Å². The van der Waals surface area contributed by atoms with E-state index in [4.69, 9.17) is 4.74 Å². The van der Waals surface area contributed by atoms with Crippen molar-refractivity contribution in [1.29, 1.82) is 0 Å². The van der Waals surface area contributed by atoms with E-state index in [2.05, 4.69) is 12.2 Å². The van der Waals surface area contributed by atoms with Gasteiger partial charge in [0.25, 0.3) is 0 Å². The van der Waals surface area contributed by atoms with Gasteiger partial charge in [0.2, 0.25) is 11.8 Å². The van der Waals surface area contributed by atoms with Gasteiger partial charge >= 0.3 is 0 Å². The number of fused-ring (bicyclic) bond motifs is 1. The lowest BCUT2D eigenvalue weighted by molar-refractivity contribution is -0.117. The van der Waals surface area contributed by atoms with Crippen LogP contribution in [0.2, 0.25) is 0 Å². The van der Waals surface area contributed by atoms with E-state index in [0.29, 0.717) is 18.6 Å². The SMILES string of the molecule is CCCOc1ccc(/C=C/C(=O)NCCC(=O)c2ccc3c(c2)CC(=O)N3C)cc1. The fourth-order valence-electron chi connectivity index (χ4n) is 3.21. The quantitative estimate of drug-likeness (QED) is 0.512. The molecule has 6 nitrogen and oxygen atoms in total. The summed E-state index contributed by atoms with van der Waals surface area (Å²) in [5.41, 5.74) is 3.17. The van der Waals surface area contributed by atoms with Gasteiger partial charge in [-0.3, -0.25) is 14.4 Å². The minimum absolute atomic E-state index is 0.0248. The number of nitrogens with zero attached hydrogens (tertiary/aromatic N) is 1. The summed E-state index contributed by atoms with van der Waals surface area (Å²) in [5.74, 6) is 0.512. The maximum Gasteiger partial charge on any atom is 0.244 e. The molecule has 0 fully saturated rings. The molecule has 156 valence electrons. The highest BCUT2D eigenvalue weighted by atomic mass is 16.5. The third kappa shape index (κ3) is 5.35. The first-order chi connectivity index (χ1) is 14.5. The van der Waals surface area contributed by atoms with Gasteiger partial charge in [-0.05, 0) is 54.0 Å². The van der Waals surface area contributed by atoms with Gasteiger partial charge < -0.3 is 15.0 Å². The Morgan fingerprint density at radius 3 is 2.67 bits per heavy atom. The molecule has 0 atom stereocenters. The van der Waals surface area contributed by atoms with Gasteiger partial charge in [-0.15, -0.1) is 0 Å². The van der Waals surface area contributed by atoms with Gasteiger partial charge in [0.15, 0.2) is 5.78 Å². The van der Waals surface area contributed by atoms with Gasteiger partial charge in [-0.1, -0.05) is 19.1 Å². The maximum atomic E-state index is 12.4. The molecule has 1 aliphatic heterocycles. The molecule has 2 amide bonds. The molecule has 0 bridgehead atoms. The molecule has 6 heteroatoms. The zero-order valence-electron chi connectivity index (χ0n) is 17.3. The number of carbonyl (C=O) groups is 3. The molecule has 0 aliphatic carbocycles. The molecule has 1 heterocycles. The summed E-state index contributed by atoms with van der Waals surface area (Å²) in [6.45, 7) is 2.98. The van der Waals surface area contributed by atoms with E-state index >= 15 is 0 Å². The van der Waals surface area contributed by atoms with E-state index in [0.717, 1.165) is 29.0 Å². The number of benzene rings is 2. The Hall–Kier alpha value is -3.41. The van der Waals surface area contributed by atoms with Gasteiger partial charge in [0.1, 0.15) is 5.75 Å². The molecular formula is C24H26N2O4. The first-order valence-electron chi connectivity index (χ1n) is 10.1. The number of hydrogen-bond acceptors (Lipinski definition) is 4. The van der Waals surface area contributed by atoms with Gasteiger partial charge in [-0.2, -0.15) is 0 Å². The van der Waals surface area contributed by atoms with Crippen LogP contribution in [0, 0.1) is 0 Å². The topological polar surface area (TPSA) is 75.7 Å². The van der Waals surface area contributed by atoms with Crippen LogP contribution in [-0.4, -0.2) is 37.8 Å². The maximum absolute atomic E-state index is 12.4. The van der Waals surface area contributed by atoms with Crippen molar-refractivity contribution >= 4 is 29.4 Å². The van der Waals surface area contributed by atoms with Crippen LogP contribution >= 0.6 is 0 Å². The standard InChI is InChI=1S/C24H26N2O4/c1-3-14-30-20-8-4-17(5-9-20)6-11-23(28)25-13-12-22(27)18-7-10-21-19(15-18)16-24(29)26(21)2/h4-11,15H,3,12-14,16H2,1-2H3,(H,25,28)/b11-6+. The highest BCUT2D eigenvalue weighted by Crippen LogP contribution is 2.28. The van der Waals surface area contributed by atoms with Crippen molar-refractivity contribution in [1.82, 2.24) is 5.32 Å². The van der Waals surface area contributed by atoms with Crippen molar-refractivity contribution in [3.05, 3.63) is 65.2 Å². The van der Waals surface area contributed by atoms with Crippen molar-refractivity contribution in [3.63, 3.8) is 0 Å². The minimum atomic E-state index is -0.254. The summed E-state index contributed by atoms with van der Waals surface area (Å²) in [6.07, 6.45) is 4.64. The lowest BCUT2D eigenvalue weighted by Gasteiger charge is -2.10. The van der Waals surface area contributed by atoms with Crippen LogP contribution in [0.25, 0.3) is 6.08 Å². The van der Waals surface area contributed by atoms with E-state index in [9.17, 15) is 14.4 Å². The van der Waals surface area contributed by atoms with E-state index in [1.165, 1.54) is 6.08 Å². The average Bonchev–Trinajstić information content (AvgIpc) is 3.04. The van der Waals surface area contributed by atoms with Gasteiger partial charge in [0.05, 0.1) is 13.0 Å². The van der Waals surface area contributed by atoms with E-state index < -0.39 is 0 Å². The van der Waals surface area contributed by atoms with E-state index in [1.807, 2.05) is 24.3 Å². The molecule has 0 saturated carbocycles. The zero-order chi connectivity index (χ0) is 21.5. The first-order valence-corrected chi connectivity index (χ1v) is 10.1. The van der Waals surface area contributed by atoms with Crippen LogP contribution < -0.4 is 15.0 Å². The zero-order valence-corrected chi connectivity index (χ0v) is 17.3. The second-order valence-electron chi connectivity index (χ2n) is 7.19. The Morgan fingerprint density at radius 1 is 1.17 bits per heavy atom. The second kappa shape index (κ2) is 9.87. The summed E-state index contributed by atoms with van der Waals surface area (Å²) in [7, 11) is 1.73. The highest BCUT2D eigenvalue weighted by Gasteiger charge is 2.24. The van der Waals surface area contributed by atoms with Crippen LogP contribution in [0.4, 0.5) is 5.69 Å². The highest BCUT2D eigenvalue weighted by molar-refractivity contribution is 6.03. The normalized spacial score (nSPS) is 12.9. The smallest absolute Gasteiger partial charge is 0.244 e. The first kappa shape index (κ1) is 21.3. The number of nitrogens with one attached hydrogen (secondary N) is 1. The number of ketones is 1. The number of ether oxygens (including phenoxy) is 1. The van der Waals surface area contributed by atoms with Crippen LogP contribution in [0.1, 0.15) is 41.3 Å². The molecule has 0 unspecified atom stereocenters. The van der Waals surface area contributed by atoms with Gasteiger partial charge in [0, 0.05) is 37.3 Å². The molecule has 1 N–H and O–H groups in total. The van der Waals surface area contributed by atoms with Crippen LogP contribution in [0.5, 0.6) is 5.75 Å². The molecule has 0 spiro atoms. The summed E-state index contributed by atoms with van der Waals surface area (Å²) in [5, 5.41) is 2.73. The van der Waals surface area contributed by atoms with E-state index in [-0.39, 0.29) is 30.6 Å². The molecule has 0 aromatic heterocycles. The Balaban J connectivity index is 1.45. The summed E-state index contributed by atoms with van der Waals surface area (Å²) in [4.78, 5) is 37.7. The van der Waals surface area contributed by atoms with Crippen LogP contribution in [0.3, 0.4) is 0 Å². The fraction of sp³-hybridized carbons (Fsp3) is 0.292. The van der Waals surface area contributed by atoms with Crippen LogP contribution in [0.15, 0.2) is 48.5 Å². The largest absolute Gasteiger partial charge is 0.494 e. The molecular weight excluding hydrogens is 380 g/mol. The number of hydrogen-bond donors (Lipinski definition) is 1. The molecule has 0 saturated heterocycles. The van der Waals surface area contributed by atoms with Crippen molar-refractivity contribution < 1.29 is 19.1 Å². The Bertz CT molecular complexity index is 964. The third-order valence-electron chi connectivity index (χ3n) is 4.91. The predicted octanol–water partition coefficient (Wildman–Crippen LogP) is 3.40. The monoisotopic (exact) mass is 406 g/mol. The fourth-order valence-corrected chi connectivity index (χ4v) is 3.21. The molecule has 2 aromatic carbocycles. The second-order valence-corrected chi connectivity index (χ2v) is 7.19. The Kier molecular flexibility index (Phi) is 7.01. The molecule has 3 rings (SSSR count). The molecule has 2 aromatic rings. The number of Topliss-reactive ketones (excluding diaryl/α,β-unsaturated/α-hetero) is 1. The number of likely N-dealkylation sites (N-methyl/N-ethyl adjacent to an activating group) is 1. The van der Waals surface area contributed by atoms with Crippen molar-refractivity contribution in [2.24, 2.45) is 0 Å². The van der Waals surface area contributed by atoms with Gasteiger partial charge in [-0.25, -0.2) is 0 Å². The molecule has 0 radical (unpaired) electrons. The summed E-state index contributed by atoms with van der Waals surface area (Å²) < 4.78 is 5.53. The number of rotatable bonds is 9. The van der Waals surface area contributed by atoms with Crippen molar-refractivity contribution in [2.75, 3.05) is 25.1 Å². The van der Waals surface area contributed by atoms with Crippen molar-refractivity contribution in [3.8, 4) is 5.75 Å². The molecule has 30 heavy (non-hydrogen) atoms. The predicted molar refractivity (Wildman–Crippen MR) is 117 cm³/mol. The summed E-state index contributed by atoms with van der Waals surface area (Å²) >= 11 is 0.